The van der Waals surface area contributed by atoms with Crippen molar-refractivity contribution >= 4 is 28.9 Å². The quantitative estimate of drug-likeness (QED) is 0.165. The number of nitrogen functional groups attached to an aromatic ring is 1. The summed E-state index contributed by atoms with van der Waals surface area (Å²) in [5.74, 6) is 6.44. The SMILES string of the molecule is CCC1CCN(Cc2nccn2Cc2cc([C@@H](c3ccc(N(C)N)c(N)c3C)C(C)(C)C(=O)O)ccc2Cl)CC1. The van der Waals surface area contributed by atoms with Gasteiger partial charge in [-0.2, -0.15) is 0 Å². The molecule has 9 heteroatoms. The number of halogens is 1. The van der Waals surface area contributed by atoms with E-state index in [1.165, 1.54) is 24.3 Å². The number of carboxylic acid groups (broad SMARTS) is 1. The lowest BCUT2D eigenvalue weighted by Gasteiger charge is -2.34. The zero-order chi connectivity index (χ0) is 29.2. The maximum Gasteiger partial charge on any atom is 0.310 e. The van der Waals surface area contributed by atoms with Gasteiger partial charge in [0.2, 0.25) is 0 Å². The van der Waals surface area contributed by atoms with Crippen molar-refractivity contribution in [2.24, 2.45) is 17.2 Å². The molecule has 1 aliphatic heterocycles. The highest BCUT2D eigenvalue weighted by Crippen LogP contribution is 2.45. The lowest BCUT2D eigenvalue weighted by atomic mass is 9.70. The number of aliphatic carboxylic acids is 1. The predicted molar refractivity (Wildman–Crippen MR) is 163 cm³/mol. The summed E-state index contributed by atoms with van der Waals surface area (Å²) in [6, 6.07) is 9.60. The van der Waals surface area contributed by atoms with Crippen LogP contribution in [0.4, 0.5) is 11.4 Å². The molecule has 0 bridgehead atoms. The van der Waals surface area contributed by atoms with Crippen LogP contribution in [0.25, 0.3) is 0 Å². The van der Waals surface area contributed by atoms with Crippen LogP contribution in [0.1, 0.15) is 74.0 Å². The molecule has 1 aromatic heterocycles. The van der Waals surface area contributed by atoms with Crippen molar-refractivity contribution in [3.63, 3.8) is 0 Å². The molecule has 0 saturated carbocycles. The summed E-state index contributed by atoms with van der Waals surface area (Å²) in [4.78, 5) is 19.7. The Kier molecular flexibility index (Phi) is 9.12. The van der Waals surface area contributed by atoms with Crippen molar-refractivity contribution in [2.45, 2.75) is 66.0 Å². The second kappa shape index (κ2) is 12.2. The van der Waals surface area contributed by atoms with E-state index in [1.807, 2.05) is 49.6 Å². The van der Waals surface area contributed by atoms with Crippen molar-refractivity contribution in [3.05, 3.63) is 75.8 Å². The first-order valence-corrected chi connectivity index (χ1v) is 14.4. The van der Waals surface area contributed by atoms with E-state index in [-0.39, 0.29) is 0 Å². The van der Waals surface area contributed by atoms with Gasteiger partial charge in [-0.1, -0.05) is 43.1 Å². The highest BCUT2D eigenvalue weighted by atomic mass is 35.5. The average Bonchev–Trinajstić information content (AvgIpc) is 3.34. The Morgan fingerprint density at radius 3 is 2.55 bits per heavy atom. The van der Waals surface area contributed by atoms with E-state index in [4.69, 9.17) is 23.2 Å². The molecule has 4 rings (SSSR count). The van der Waals surface area contributed by atoms with Crippen LogP contribution >= 0.6 is 11.6 Å². The number of benzene rings is 2. The molecule has 216 valence electrons. The smallest absolute Gasteiger partial charge is 0.310 e. The lowest BCUT2D eigenvalue weighted by Crippen LogP contribution is -2.34. The van der Waals surface area contributed by atoms with Crippen molar-refractivity contribution in [3.8, 4) is 0 Å². The standard InChI is InChI=1S/C31H43ClN6O2/c1-6-21-11-14-37(15-12-21)19-27-35-13-16-38(27)18-23-17-22(7-9-25(23)32)28(31(3,4)30(39)40)24-8-10-26(36(5)34)29(33)20(24)2/h7-10,13,16-17,21,28H,6,11-12,14-15,18-19,33-34H2,1-5H3,(H,39,40)/t28-/m0/s1. The Labute approximate surface area is 242 Å². The summed E-state index contributed by atoms with van der Waals surface area (Å²) in [5, 5.41) is 12.4. The van der Waals surface area contributed by atoms with Gasteiger partial charge in [-0.05, 0) is 87.0 Å². The third-order valence-electron chi connectivity index (χ3n) is 8.69. The van der Waals surface area contributed by atoms with Gasteiger partial charge in [0.1, 0.15) is 5.82 Å². The van der Waals surface area contributed by atoms with Crippen LogP contribution in [0.3, 0.4) is 0 Å². The monoisotopic (exact) mass is 566 g/mol. The Morgan fingerprint density at radius 1 is 1.23 bits per heavy atom. The molecule has 8 nitrogen and oxygen atoms in total. The third-order valence-corrected chi connectivity index (χ3v) is 9.06. The van der Waals surface area contributed by atoms with Gasteiger partial charge in [-0.15, -0.1) is 0 Å². The van der Waals surface area contributed by atoms with Gasteiger partial charge in [0.25, 0.3) is 0 Å². The zero-order valence-corrected chi connectivity index (χ0v) is 25.1. The molecule has 0 amide bonds. The van der Waals surface area contributed by atoms with Crippen LogP contribution in [0.15, 0.2) is 42.7 Å². The minimum atomic E-state index is -1.12. The Bertz CT molecular complexity index is 1340. The van der Waals surface area contributed by atoms with Crippen molar-refractivity contribution in [1.29, 1.82) is 0 Å². The van der Waals surface area contributed by atoms with Crippen LogP contribution in [-0.2, 0) is 17.9 Å². The number of carbonyl (C=O) groups is 1. The maximum absolute atomic E-state index is 12.6. The van der Waals surface area contributed by atoms with Gasteiger partial charge in [-0.3, -0.25) is 9.69 Å². The van der Waals surface area contributed by atoms with E-state index in [9.17, 15) is 9.90 Å². The molecule has 1 saturated heterocycles. The summed E-state index contributed by atoms with van der Waals surface area (Å²) < 4.78 is 2.14. The summed E-state index contributed by atoms with van der Waals surface area (Å²) in [6.45, 7) is 11.2. The van der Waals surface area contributed by atoms with E-state index in [0.717, 1.165) is 53.6 Å². The van der Waals surface area contributed by atoms with E-state index in [0.29, 0.717) is 22.9 Å². The topological polar surface area (TPSA) is 114 Å². The fourth-order valence-electron chi connectivity index (χ4n) is 5.93. The molecule has 0 unspecified atom stereocenters. The number of hydrazine groups is 1. The summed E-state index contributed by atoms with van der Waals surface area (Å²) in [6.07, 6.45) is 7.54. The Morgan fingerprint density at radius 2 is 1.93 bits per heavy atom. The lowest BCUT2D eigenvalue weighted by molar-refractivity contribution is -0.147. The number of imidazole rings is 1. The molecule has 40 heavy (non-hydrogen) atoms. The van der Waals surface area contributed by atoms with Crippen LogP contribution in [0, 0.1) is 18.3 Å². The number of hydrogen-bond donors (Lipinski definition) is 3. The van der Waals surface area contributed by atoms with E-state index >= 15 is 0 Å². The fourth-order valence-corrected chi connectivity index (χ4v) is 6.10. The second-order valence-electron chi connectivity index (χ2n) is 11.7. The number of nitrogens with zero attached hydrogens (tertiary/aromatic N) is 4. The van der Waals surface area contributed by atoms with Gasteiger partial charge in [0.05, 0.1) is 29.9 Å². The molecule has 2 heterocycles. The third kappa shape index (κ3) is 6.14. The maximum atomic E-state index is 12.6. The Balaban J connectivity index is 1.68. The highest BCUT2D eigenvalue weighted by molar-refractivity contribution is 6.31. The molecule has 1 aliphatic rings. The number of piperidine rings is 1. The molecule has 1 atom stereocenters. The predicted octanol–water partition coefficient (Wildman–Crippen LogP) is 5.65. The first-order valence-electron chi connectivity index (χ1n) is 14.0. The van der Waals surface area contributed by atoms with Crippen LogP contribution in [0.2, 0.25) is 5.02 Å². The van der Waals surface area contributed by atoms with Crippen molar-refractivity contribution < 1.29 is 9.90 Å². The summed E-state index contributed by atoms with van der Waals surface area (Å²) in [5.41, 5.74) is 10.0. The average molecular weight is 567 g/mol. The van der Waals surface area contributed by atoms with Gasteiger partial charge in [0.15, 0.2) is 0 Å². The molecule has 2 aromatic carbocycles. The second-order valence-corrected chi connectivity index (χ2v) is 12.1. The minimum absolute atomic E-state index is 0.470. The number of hydrogen-bond acceptors (Lipinski definition) is 6. The molecule has 1 fully saturated rings. The molecule has 0 aliphatic carbocycles. The molecule has 0 spiro atoms. The molecule has 5 N–H and O–H groups in total. The number of rotatable bonds is 10. The Hall–Kier alpha value is -3.07. The van der Waals surface area contributed by atoms with E-state index < -0.39 is 17.3 Å². The van der Waals surface area contributed by atoms with Crippen LogP contribution in [-0.4, -0.2) is 45.7 Å². The first kappa shape index (κ1) is 29.9. The number of anilines is 2. The van der Waals surface area contributed by atoms with Gasteiger partial charge < -0.3 is 20.4 Å². The molecule has 3 aromatic rings. The van der Waals surface area contributed by atoms with E-state index in [2.05, 4.69) is 21.4 Å². The largest absolute Gasteiger partial charge is 0.481 e. The fraction of sp³-hybridized carbons (Fsp3) is 0.484. The highest BCUT2D eigenvalue weighted by Gasteiger charge is 2.40. The summed E-state index contributed by atoms with van der Waals surface area (Å²) >= 11 is 6.73. The number of aromatic nitrogens is 2. The number of nitrogens with two attached hydrogens (primary N) is 2. The van der Waals surface area contributed by atoms with Gasteiger partial charge in [-0.25, -0.2) is 10.8 Å². The zero-order valence-electron chi connectivity index (χ0n) is 24.3. The normalized spacial score (nSPS) is 15.8. The number of likely N-dealkylation sites (tertiary alicyclic amines) is 1. The molecular formula is C31H43ClN6O2. The number of carboxylic acids is 1. The van der Waals surface area contributed by atoms with Crippen molar-refractivity contribution in [1.82, 2.24) is 14.5 Å². The molecular weight excluding hydrogens is 524 g/mol. The van der Waals surface area contributed by atoms with Crippen molar-refractivity contribution in [2.75, 3.05) is 30.9 Å². The first-order chi connectivity index (χ1) is 18.9. The van der Waals surface area contributed by atoms with E-state index in [1.54, 1.807) is 20.9 Å². The molecule has 0 radical (unpaired) electrons. The van der Waals surface area contributed by atoms with Gasteiger partial charge in [0, 0.05) is 30.4 Å². The van der Waals surface area contributed by atoms with Gasteiger partial charge >= 0.3 is 5.97 Å². The van der Waals surface area contributed by atoms with Crippen LogP contribution < -0.4 is 16.6 Å². The summed E-state index contributed by atoms with van der Waals surface area (Å²) in [7, 11) is 1.73. The minimum Gasteiger partial charge on any atom is -0.481 e. The van der Waals surface area contributed by atoms with Crippen LogP contribution in [0.5, 0.6) is 0 Å².